The molecule has 1 saturated heterocycles. The summed E-state index contributed by atoms with van der Waals surface area (Å²) in [6.07, 6.45) is -11.6. The van der Waals surface area contributed by atoms with E-state index >= 15 is 4.39 Å². The van der Waals surface area contributed by atoms with Crippen molar-refractivity contribution in [2.75, 3.05) is 13.2 Å². The second-order valence-electron chi connectivity index (χ2n) is 8.60. The van der Waals surface area contributed by atoms with Gasteiger partial charge in [0.25, 0.3) is 6.29 Å². The highest BCUT2D eigenvalue weighted by atomic mass is 19.4. The van der Waals surface area contributed by atoms with Crippen molar-refractivity contribution in [3.8, 4) is 5.75 Å². The normalized spacial score (nSPS) is 18.7. The average molecular weight is 556 g/mol. The second-order valence-corrected chi connectivity index (χ2v) is 8.60. The maximum absolute atomic E-state index is 15.2. The highest BCUT2D eigenvalue weighted by Gasteiger charge is 2.48. The molecular formula is C25H18F10O3. The molecule has 38 heavy (non-hydrogen) atoms. The Labute approximate surface area is 208 Å². The molecule has 206 valence electrons. The lowest BCUT2D eigenvalue weighted by Gasteiger charge is -2.33. The standard InChI is InChI=1S/C25H18F10O3/c1-2-3-12-6-11-4-5-15(21(29)18(11)22(30)20(12)28)13-9-36-23(37-10-13)25(34,35)38-14-7-16(26)19(17(27)8-14)24(31,32)33/h4-8,13,23H,2-3,9-10H2,1H3. The van der Waals surface area contributed by atoms with E-state index in [1.54, 1.807) is 6.92 Å². The van der Waals surface area contributed by atoms with Gasteiger partial charge in [-0.1, -0.05) is 25.5 Å². The molecule has 4 rings (SSSR count). The smallest absolute Gasteiger partial charge is 0.429 e. The van der Waals surface area contributed by atoms with E-state index in [-0.39, 0.29) is 35.1 Å². The van der Waals surface area contributed by atoms with Crippen LogP contribution in [0.5, 0.6) is 5.75 Å². The lowest BCUT2D eigenvalue weighted by Crippen LogP contribution is -2.47. The quantitative estimate of drug-likeness (QED) is 0.292. The van der Waals surface area contributed by atoms with Crippen LogP contribution in [0.15, 0.2) is 30.3 Å². The maximum atomic E-state index is 15.2. The van der Waals surface area contributed by atoms with Crippen molar-refractivity contribution in [1.82, 2.24) is 0 Å². The van der Waals surface area contributed by atoms with Gasteiger partial charge in [-0.25, -0.2) is 22.0 Å². The first-order valence-corrected chi connectivity index (χ1v) is 11.2. The monoisotopic (exact) mass is 556 g/mol. The van der Waals surface area contributed by atoms with Gasteiger partial charge in [-0.3, -0.25) is 0 Å². The van der Waals surface area contributed by atoms with Crippen molar-refractivity contribution in [2.45, 2.75) is 44.3 Å². The van der Waals surface area contributed by atoms with Crippen LogP contribution in [0, 0.1) is 29.1 Å². The molecule has 0 bridgehead atoms. The molecule has 0 aromatic heterocycles. The third-order valence-corrected chi connectivity index (χ3v) is 5.91. The average Bonchev–Trinajstić information content (AvgIpc) is 2.81. The molecule has 0 unspecified atom stereocenters. The van der Waals surface area contributed by atoms with Crippen LogP contribution in [0.2, 0.25) is 0 Å². The van der Waals surface area contributed by atoms with Gasteiger partial charge < -0.3 is 14.2 Å². The van der Waals surface area contributed by atoms with Crippen LogP contribution in [-0.2, 0) is 22.1 Å². The van der Waals surface area contributed by atoms with E-state index in [0.717, 1.165) is 0 Å². The van der Waals surface area contributed by atoms with Crippen LogP contribution >= 0.6 is 0 Å². The van der Waals surface area contributed by atoms with Crippen molar-refractivity contribution >= 4 is 10.8 Å². The highest BCUT2D eigenvalue weighted by Crippen LogP contribution is 2.39. The molecule has 1 fully saturated rings. The number of hydrogen-bond donors (Lipinski definition) is 0. The zero-order valence-electron chi connectivity index (χ0n) is 19.4. The van der Waals surface area contributed by atoms with Crippen LogP contribution in [0.3, 0.4) is 0 Å². The summed E-state index contributed by atoms with van der Waals surface area (Å²) in [5.74, 6) is -10.4. The Balaban J connectivity index is 1.51. The fourth-order valence-electron chi connectivity index (χ4n) is 4.18. The summed E-state index contributed by atoms with van der Waals surface area (Å²) in [6, 6.07) is 3.77. The van der Waals surface area contributed by atoms with Crippen LogP contribution < -0.4 is 4.74 Å². The van der Waals surface area contributed by atoms with Gasteiger partial charge in [-0.05, 0) is 29.0 Å². The number of halogens is 10. The molecule has 3 aromatic rings. The minimum absolute atomic E-state index is 0.0739. The van der Waals surface area contributed by atoms with Gasteiger partial charge >= 0.3 is 12.3 Å². The lowest BCUT2D eigenvalue weighted by molar-refractivity contribution is -0.347. The molecule has 0 saturated carbocycles. The Hall–Kier alpha value is -3.06. The summed E-state index contributed by atoms with van der Waals surface area (Å²) in [6.45, 7) is 0.538. The Kier molecular flexibility index (Phi) is 7.54. The zero-order valence-corrected chi connectivity index (χ0v) is 19.4. The molecule has 3 aromatic carbocycles. The van der Waals surface area contributed by atoms with Gasteiger partial charge in [0, 0.05) is 18.1 Å². The number of alkyl halides is 5. The lowest BCUT2D eigenvalue weighted by atomic mass is 9.94. The summed E-state index contributed by atoms with van der Waals surface area (Å²) >= 11 is 0. The first kappa shape index (κ1) is 28.0. The van der Waals surface area contributed by atoms with E-state index in [1.165, 1.54) is 18.2 Å². The summed E-state index contributed by atoms with van der Waals surface area (Å²) in [7, 11) is 0. The zero-order chi connectivity index (χ0) is 28.0. The summed E-state index contributed by atoms with van der Waals surface area (Å²) in [5, 5.41) is -0.526. The first-order valence-electron chi connectivity index (χ1n) is 11.2. The van der Waals surface area contributed by atoms with Crippen LogP contribution in [-0.4, -0.2) is 25.6 Å². The van der Waals surface area contributed by atoms with Gasteiger partial charge in [0.1, 0.15) is 28.8 Å². The number of rotatable bonds is 6. The molecule has 0 N–H and O–H groups in total. The minimum atomic E-state index is -5.41. The fraction of sp³-hybridized carbons (Fsp3) is 0.360. The van der Waals surface area contributed by atoms with Crippen LogP contribution in [0.25, 0.3) is 10.8 Å². The van der Waals surface area contributed by atoms with E-state index < -0.39 is 83.5 Å². The van der Waals surface area contributed by atoms with Crippen molar-refractivity contribution in [3.05, 3.63) is 76.1 Å². The highest BCUT2D eigenvalue weighted by molar-refractivity contribution is 5.85. The number of hydrogen-bond acceptors (Lipinski definition) is 3. The Morgan fingerprint density at radius 3 is 2.00 bits per heavy atom. The number of benzene rings is 3. The topological polar surface area (TPSA) is 27.7 Å². The van der Waals surface area contributed by atoms with E-state index in [4.69, 9.17) is 9.47 Å². The van der Waals surface area contributed by atoms with E-state index in [0.29, 0.717) is 6.42 Å². The summed E-state index contributed by atoms with van der Waals surface area (Å²) in [4.78, 5) is 0. The maximum Gasteiger partial charge on any atom is 0.451 e. The fourth-order valence-corrected chi connectivity index (χ4v) is 4.18. The SMILES string of the molecule is CCCc1cc2ccc(C3COC(C(F)(F)Oc4cc(F)c(C(F)(F)F)c(F)c4)OC3)c(F)c2c(F)c1F. The van der Waals surface area contributed by atoms with Crippen molar-refractivity contribution in [1.29, 1.82) is 0 Å². The first-order chi connectivity index (χ1) is 17.7. The van der Waals surface area contributed by atoms with E-state index in [9.17, 15) is 39.5 Å². The van der Waals surface area contributed by atoms with Gasteiger partial charge in [0.15, 0.2) is 11.6 Å². The van der Waals surface area contributed by atoms with Crippen molar-refractivity contribution in [2.24, 2.45) is 0 Å². The molecule has 0 spiro atoms. The largest absolute Gasteiger partial charge is 0.451 e. The molecule has 1 heterocycles. The molecule has 1 aliphatic rings. The molecule has 0 radical (unpaired) electrons. The van der Waals surface area contributed by atoms with Gasteiger partial charge in [0.05, 0.1) is 18.6 Å². The third-order valence-electron chi connectivity index (χ3n) is 5.91. The van der Waals surface area contributed by atoms with E-state index in [2.05, 4.69) is 4.74 Å². The second kappa shape index (κ2) is 10.3. The summed E-state index contributed by atoms with van der Waals surface area (Å²) in [5.41, 5.74) is -2.41. The number of aryl methyl sites for hydroxylation is 1. The van der Waals surface area contributed by atoms with E-state index in [1.807, 2.05) is 0 Å². The van der Waals surface area contributed by atoms with Crippen molar-refractivity contribution < 1.29 is 58.1 Å². The molecule has 1 aliphatic heterocycles. The minimum Gasteiger partial charge on any atom is -0.429 e. The predicted molar refractivity (Wildman–Crippen MR) is 113 cm³/mol. The molecular weight excluding hydrogens is 538 g/mol. The predicted octanol–water partition coefficient (Wildman–Crippen LogP) is 7.63. The van der Waals surface area contributed by atoms with Crippen molar-refractivity contribution in [3.63, 3.8) is 0 Å². The number of fused-ring (bicyclic) bond motifs is 1. The Morgan fingerprint density at radius 1 is 0.842 bits per heavy atom. The number of ether oxygens (including phenoxy) is 3. The Morgan fingerprint density at radius 2 is 1.45 bits per heavy atom. The molecule has 0 aliphatic carbocycles. The molecule has 13 heteroatoms. The summed E-state index contributed by atoms with van der Waals surface area (Å²) < 4.78 is 153. The van der Waals surface area contributed by atoms with Crippen LogP contribution in [0.4, 0.5) is 43.9 Å². The third kappa shape index (κ3) is 5.26. The van der Waals surface area contributed by atoms with Gasteiger partial charge in [-0.2, -0.15) is 22.0 Å². The van der Waals surface area contributed by atoms with Gasteiger partial charge in [-0.15, -0.1) is 0 Å². The van der Waals surface area contributed by atoms with Crippen LogP contribution in [0.1, 0.15) is 36.0 Å². The van der Waals surface area contributed by atoms with Gasteiger partial charge in [0.2, 0.25) is 0 Å². The molecule has 0 amide bonds. The molecule has 3 nitrogen and oxygen atoms in total. The Bertz CT molecular complexity index is 1320. The molecule has 0 atom stereocenters.